The van der Waals surface area contributed by atoms with Crippen LogP contribution in [0.4, 0.5) is 0 Å². The zero-order valence-corrected chi connectivity index (χ0v) is 10.2. The normalized spacial score (nSPS) is 16.3. The van der Waals surface area contributed by atoms with E-state index in [9.17, 15) is 4.79 Å². The fraction of sp³-hybridized carbons (Fsp3) is 0.0714. The molecule has 1 aromatic carbocycles. The molecule has 5 nitrogen and oxygen atoms in total. The van der Waals surface area contributed by atoms with Crippen molar-refractivity contribution < 1.29 is 9.90 Å². The molecular weight excluding hydrogens is 242 g/mol. The van der Waals surface area contributed by atoms with Crippen molar-refractivity contribution in [3.63, 3.8) is 0 Å². The molecule has 1 heterocycles. The van der Waals surface area contributed by atoms with E-state index in [0.29, 0.717) is 11.4 Å². The Morgan fingerprint density at radius 2 is 2.11 bits per heavy atom. The minimum Gasteiger partial charge on any atom is -0.481 e. The van der Waals surface area contributed by atoms with Crippen LogP contribution in [0.25, 0.3) is 5.57 Å². The van der Waals surface area contributed by atoms with E-state index in [1.165, 1.54) is 5.01 Å². The van der Waals surface area contributed by atoms with Crippen LogP contribution in [0.5, 0.6) is 0 Å². The number of hydrogen-bond acceptors (Lipinski definition) is 4. The summed E-state index contributed by atoms with van der Waals surface area (Å²) in [6.07, 6.45) is 4.86. The van der Waals surface area contributed by atoms with Gasteiger partial charge in [-0.2, -0.15) is 5.10 Å². The first-order chi connectivity index (χ1) is 9.22. The molecule has 0 unspecified atom stereocenters. The number of benzene rings is 1. The smallest absolute Gasteiger partial charge is 0.307 e. The van der Waals surface area contributed by atoms with Crippen molar-refractivity contribution in [3.8, 4) is 0 Å². The van der Waals surface area contributed by atoms with Crippen molar-refractivity contribution >= 4 is 24.5 Å². The van der Waals surface area contributed by atoms with Crippen LogP contribution in [-0.4, -0.2) is 29.0 Å². The highest BCUT2D eigenvalue weighted by Gasteiger charge is 2.17. The fourth-order valence-electron chi connectivity index (χ4n) is 1.79. The SMILES string of the molecule is C=NN1C=CC=N/C1=C(/CC(=O)O)c1ccccc1. The van der Waals surface area contributed by atoms with Gasteiger partial charge in [0.2, 0.25) is 0 Å². The van der Waals surface area contributed by atoms with Crippen LogP contribution in [0, 0.1) is 0 Å². The molecule has 0 bridgehead atoms. The quantitative estimate of drug-likeness (QED) is 0.840. The average molecular weight is 255 g/mol. The molecule has 1 N–H and O–H groups in total. The van der Waals surface area contributed by atoms with Crippen molar-refractivity contribution in [1.82, 2.24) is 5.01 Å². The second-order valence-corrected chi connectivity index (χ2v) is 3.84. The van der Waals surface area contributed by atoms with Gasteiger partial charge in [-0.25, -0.2) is 10.0 Å². The molecule has 2 rings (SSSR count). The largest absolute Gasteiger partial charge is 0.481 e. The molecule has 0 amide bonds. The zero-order chi connectivity index (χ0) is 13.7. The maximum atomic E-state index is 11.1. The summed E-state index contributed by atoms with van der Waals surface area (Å²) in [4.78, 5) is 15.3. The topological polar surface area (TPSA) is 65.3 Å². The first-order valence-electron chi connectivity index (χ1n) is 5.69. The Hall–Kier alpha value is -2.69. The van der Waals surface area contributed by atoms with E-state index < -0.39 is 5.97 Å². The van der Waals surface area contributed by atoms with Gasteiger partial charge < -0.3 is 5.11 Å². The summed E-state index contributed by atoms with van der Waals surface area (Å²) >= 11 is 0. The highest BCUT2D eigenvalue weighted by Crippen LogP contribution is 2.27. The van der Waals surface area contributed by atoms with Gasteiger partial charge in [0.25, 0.3) is 0 Å². The number of aliphatic imine (C=N–C) groups is 1. The van der Waals surface area contributed by atoms with Gasteiger partial charge in [-0.05, 0) is 11.6 Å². The van der Waals surface area contributed by atoms with Crippen LogP contribution in [0.15, 0.2) is 58.5 Å². The molecule has 0 saturated heterocycles. The van der Waals surface area contributed by atoms with Crippen LogP contribution >= 0.6 is 0 Å². The monoisotopic (exact) mass is 255 g/mol. The minimum atomic E-state index is -0.917. The highest BCUT2D eigenvalue weighted by molar-refractivity contribution is 5.86. The number of hydrogen-bond donors (Lipinski definition) is 1. The number of carboxylic acids is 1. The third-order valence-corrected chi connectivity index (χ3v) is 2.60. The molecule has 0 spiro atoms. The van der Waals surface area contributed by atoms with Crippen LogP contribution < -0.4 is 0 Å². The van der Waals surface area contributed by atoms with Crippen LogP contribution in [0.3, 0.4) is 0 Å². The highest BCUT2D eigenvalue weighted by atomic mass is 16.4. The number of nitrogens with zero attached hydrogens (tertiary/aromatic N) is 3. The van der Waals surface area contributed by atoms with E-state index in [-0.39, 0.29) is 6.42 Å². The second-order valence-electron chi connectivity index (χ2n) is 3.84. The Morgan fingerprint density at radius 3 is 2.74 bits per heavy atom. The number of hydrazone groups is 1. The maximum Gasteiger partial charge on any atom is 0.307 e. The summed E-state index contributed by atoms with van der Waals surface area (Å²) < 4.78 is 0. The third-order valence-electron chi connectivity index (χ3n) is 2.60. The van der Waals surface area contributed by atoms with Gasteiger partial charge in [-0.3, -0.25) is 4.79 Å². The Kier molecular flexibility index (Phi) is 3.87. The van der Waals surface area contributed by atoms with Gasteiger partial charge in [0, 0.05) is 24.7 Å². The van der Waals surface area contributed by atoms with Gasteiger partial charge in [-0.15, -0.1) is 0 Å². The minimum absolute atomic E-state index is 0.128. The predicted molar refractivity (Wildman–Crippen MR) is 74.6 cm³/mol. The fourth-order valence-corrected chi connectivity index (χ4v) is 1.79. The number of carbonyl (C=O) groups is 1. The van der Waals surface area contributed by atoms with Gasteiger partial charge in [0.15, 0.2) is 5.82 Å². The molecule has 1 aliphatic rings. The maximum absolute atomic E-state index is 11.1. The molecule has 19 heavy (non-hydrogen) atoms. The molecular formula is C14H13N3O2. The van der Waals surface area contributed by atoms with Crippen molar-refractivity contribution in [2.45, 2.75) is 6.42 Å². The number of carboxylic acid groups (broad SMARTS) is 1. The van der Waals surface area contributed by atoms with Crippen molar-refractivity contribution in [2.24, 2.45) is 10.1 Å². The van der Waals surface area contributed by atoms with Crippen molar-refractivity contribution in [1.29, 1.82) is 0 Å². The Morgan fingerprint density at radius 1 is 1.37 bits per heavy atom. The molecule has 0 atom stereocenters. The number of aliphatic carboxylic acids is 1. The van der Waals surface area contributed by atoms with Crippen molar-refractivity contribution in [2.75, 3.05) is 0 Å². The molecule has 5 heteroatoms. The standard InChI is InChI=1S/C14H13N3O2/c1-15-17-9-5-8-16-14(17)12(10-13(18)19)11-6-3-2-4-7-11/h2-9H,1,10H2,(H,18,19)/b14-12+. The summed E-state index contributed by atoms with van der Waals surface area (Å²) in [5.41, 5.74) is 1.40. The van der Waals surface area contributed by atoms with Crippen molar-refractivity contribution in [3.05, 3.63) is 54.0 Å². The summed E-state index contributed by atoms with van der Waals surface area (Å²) in [6, 6.07) is 9.28. The number of rotatable bonds is 4. The van der Waals surface area contributed by atoms with Gasteiger partial charge in [0.05, 0.1) is 6.42 Å². The lowest BCUT2D eigenvalue weighted by Gasteiger charge is -2.20. The molecule has 0 aliphatic carbocycles. The lowest BCUT2D eigenvalue weighted by molar-refractivity contribution is -0.135. The van der Waals surface area contributed by atoms with E-state index >= 15 is 0 Å². The summed E-state index contributed by atoms with van der Waals surface area (Å²) in [5.74, 6) is -0.439. The third kappa shape index (κ3) is 2.95. The van der Waals surface area contributed by atoms with Crippen LogP contribution in [0.1, 0.15) is 12.0 Å². The molecule has 96 valence electrons. The summed E-state index contributed by atoms with van der Waals surface area (Å²) in [6.45, 7) is 3.46. The average Bonchev–Trinajstić information content (AvgIpc) is 2.45. The Bertz CT molecular complexity index is 574. The summed E-state index contributed by atoms with van der Waals surface area (Å²) in [5, 5.41) is 14.3. The van der Waals surface area contributed by atoms with E-state index in [0.717, 1.165) is 5.56 Å². The zero-order valence-electron chi connectivity index (χ0n) is 10.2. The van der Waals surface area contributed by atoms with Gasteiger partial charge >= 0.3 is 5.97 Å². The Labute approximate surface area is 110 Å². The molecule has 1 aromatic rings. The van der Waals surface area contributed by atoms with Gasteiger partial charge in [0.1, 0.15) is 0 Å². The number of allylic oxidation sites excluding steroid dienone is 1. The van der Waals surface area contributed by atoms with Gasteiger partial charge in [-0.1, -0.05) is 30.3 Å². The first kappa shape index (κ1) is 12.8. The lowest BCUT2D eigenvalue weighted by Crippen LogP contribution is -2.14. The van der Waals surface area contributed by atoms with Crippen LogP contribution in [0.2, 0.25) is 0 Å². The van der Waals surface area contributed by atoms with Crippen LogP contribution in [-0.2, 0) is 4.79 Å². The first-order valence-corrected chi connectivity index (χ1v) is 5.69. The Balaban J connectivity index is 2.53. The van der Waals surface area contributed by atoms with E-state index in [2.05, 4.69) is 16.8 Å². The van der Waals surface area contributed by atoms with E-state index in [1.807, 2.05) is 30.3 Å². The lowest BCUT2D eigenvalue weighted by atomic mass is 10.0. The van der Waals surface area contributed by atoms with E-state index in [4.69, 9.17) is 5.11 Å². The molecule has 0 fully saturated rings. The summed E-state index contributed by atoms with van der Waals surface area (Å²) in [7, 11) is 0. The second kappa shape index (κ2) is 5.77. The van der Waals surface area contributed by atoms with E-state index in [1.54, 1.807) is 18.5 Å². The molecule has 0 saturated carbocycles. The predicted octanol–water partition coefficient (Wildman–Crippen LogP) is 2.35. The molecule has 0 aromatic heterocycles. The molecule has 1 aliphatic heterocycles. The molecule has 0 radical (unpaired) electrons.